The smallest absolute Gasteiger partial charge is 0.291 e. The minimum absolute atomic E-state index is 0.156. The molecule has 1 N–H and O–H groups in total. The molecule has 0 unspecified atom stereocenters. The standard InChI is InChI=1S/C23H24N4O4/c1-4-21-25-26(14-22(28)24-13-15-8-10-16(30-2)11-9-15)23(29)19-12-17-18(27(19)21)6-5-7-20(17)31-3/h5-12H,4,13-14H2,1-3H3,(H,24,28). The van der Waals surface area contributed by atoms with Crippen LogP contribution in [0.3, 0.4) is 0 Å². The highest BCUT2D eigenvalue weighted by Gasteiger charge is 2.17. The average Bonchev–Trinajstić information content (AvgIpc) is 3.20. The van der Waals surface area contributed by atoms with Crippen LogP contribution in [0.15, 0.2) is 53.3 Å². The molecule has 2 heterocycles. The molecule has 8 heteroatoms. The molecule has 0 radical (unpaired) electrons. The van der Waals surface area contributed by atoms with Crippen LogP contribution >= 0.6 is 0 Å². The van der Waals surface area contributed by atoms with Crippen LogP contribution < -0.4 is 20.3 Å². The summed E-state index contributed by atoms with van der Waals surface area (Å²) in [7, 11) is 3.20. The monoisotopic (exact) mass is 420 g/mol. The first-order chi connectivity index (χ1) is 15.0. The number of hydrogen-bond donors (Lipinski definition) is 1. The van der Waals surface area contributed by atoms with Crippen molar-refractivity contribution in [3.05, 3.63) is 70.3 Å². The molecule has 2 aromatic heterocycles. The van der Waals surface area contributed by atoms with E-state index in [-0.39, 0.29) is 18.0 Å². The molecule has 4 rings (SSSR count). The van der Waals surface area contributed by atoms with E-state index in [1.807, 2.05) is 53.8 Å². The summed E-state index contributed by atoms with van der Waals surface area (Å²) in [4.78, 5) is 25.6. The highest BCUT2D eigenvalue weighted by Crippen LogP contribution is 2.28. The number of benzene rings is 2. The fourth-order valence-electron chi connectivity index (χ4n) is 3.65. The molecular weight excluding hydrogens is 396 g/mol. The van der Waals surface area contributed by atoms with Gasteiger partial charge in [0.1, 0.15) is 29.4 Å². The number of hydrogen-bond acceptors (Lipinski definition) is 5. The maximum atomic E-state index is 13.1. The third-order valence-corrected chi connectivity index (χ3v) is 5.23. The van der Waals surface area contributed by atoms with Crippen molar-refractivity contribution in [2.24, 2.45) is 0 Å². The van der Waals surface area contributed by atoms with Crippen LogP contribution in [0.25, 0.3) is 16.4 Å². The fraction of sp³-hybridized carbons (Fsp3) is 0.261. The molecule has 2 aromatic carbocycles. The zero-order chi connectivity index (χ0) is 22.0. The number of aromatic nitrogens is 3. The Morgan fingerprint density at radius 2 is 1.84 bits per heavy atom. The minimum atomic E-state index is -0.324. The molecule has 0 saturated carbocycles. The van der Waals surface area contributed by atoms with Gasteiger partial charge in [-0.1, -0.05) is 25.1 Å². The largest absolute Gasteiger partial charge is 0.497 e. The van der Waals surface area contributed by atoms with Crippen LogP contribution in [-0.4, -0.2) is 34.3 Å². The molecule has 0 aliphatic carbocycles. The lowest BCUT2D eigenvalue weighted by atomic mass is 10.2. The van der Waals surface area contributed by atoms with Gasteiger partial charge in [0.25, 0.3) is 5.56 Å². The summed E-state index contributed by atoms with van der Waals surface area (Å²) in [5, 5.41) is 8.13. The Morgan fingerprint density at radius 1 is 1.06 bits per heavy atom. The molecule has 8 nitrogen and oxygen atoms in total. The van der Waals surface area contributed by atoms with Gasteiger partial charge in [-0.2, -0.15) is 5.10 Å². The van der Waals surface area contributed by atoms with E-state index in [9.17, 15) is 9.59 Å². The Balaban J connectivity index is 1.62. The van der Waals surface area contributed by atoms with E-state index in [0.29, 0.717) is 30.1 Å². The molecule has 4 aromatic rings. The molecule has 1 amide bonds. The first-order valence-electron chi connectivity index (χ1n) is 10.0. The van der Waals surface area contributed by atoms with Crippen LogP contribution in [0.2, 0.25) is 0 Å². The first kappa shape index (κ1) is 20.5. The van der Waals surface area contributed by atoms with Crippen molar-refractivity contribution in [3.63, 3.8) is 0 Å². The summed E-state index contributed by atoms with van der Waals surface area (Å²) < 4.78 is 13.6. The summed E-state index contributed by atoms with van der Waals surface area (Å²) >= 11 is 0. The Labute approximate surface area is 179 Å². The van der Waals surface area contributed by atoms with Crippen molar-refractivity contribution in [1.82, 2.24) is 19.5 Å². The number of nitrogens with one attached hydrogen (secondary N) is 1. The van der Waals surface area contributed by atoms with Crippen LogP contribution in [-0.2, 0) is 24.3 Å². The fourth-order valence-corrected chi connectivity index (χ4v) is 3.65. The van der Waals surface area contributed by atoms with Gasteiger partial charge >= 0.3 is 0 Å². The summed E-state index contributed by atoms with van der Waals surface area (Å²) in [6.45, 7) is 2.16. The third kappa shape index (κ3) is 3.84. The molecule has 0 bridgehead atoms. The molecule has 0 aliphatic rings. The van der Waals surface area contributed by atoms with Crippen LogP contribution in [0.1, 0.15) is 18.3 Å². The predicted octanol–water partition coefficient (Wildman–Crippen LogP) is 2.55. The van der Waals surface area contributed by atoms with Crippen molar-refractivity contribution in [3.8, 4) is 11.5 Å². The Morgan fingerprint density at radius 3 is 2.52 bits per heavy atom. The van der Waals surface area contributed by atoms with E-state index in [1.165, 1.54) is 4.68 Å². The maximum absolute atomic E-state index is 13.1. The summed E-state index contributed by atoms with van der Waals surface area (Å²) in [6.07, 6.45) is 0.602. The molecule has 0 aliphatic heterocycles. The van der Waals surface area contributed by atoms with Crippen LogP contribution in [0.4, 0.5) is 0 Å². The van der Waals surface area contributed by atoms with E-state index < -0.39 is 0 Å². The van der Waals surface area contributed by atoms with Gasteiger partial charge in [0.15, 0.2) is 0 Å². The number of carbonyl (C=O) groups excluding carboxylic acids is 1. The second-order valence-corrected chi connectivity index (χ2v) is 7.12. The number of amides is 1. The van der Waals surface area contributed by atoms with E-state index in [2.05, 4.69) is 10.4 Å². The lowest BCUT2D eigenvalue weighted by Gasteiger charge is -2.11. The quantitative estimate of drug-likeness (QED) is 0.497. The molecule has 160 valence electrons. The molecule has 31 heavy (non-hydrogen) atoms. The lowest BCUT2D eigenvalue weighted by Crippen LogP contribution is -2.35. The second kappa shape index (κ2) is 8.51. The number of methoxy groups -OCH3 is 2. The average molecular weight is 420 g/mol. The van der Waals surface area contributed by atoms with Gasteiger partial charge in [0.2, 0.25) is 5.91 Å². The van der Waals surface area contributed by atoms with E-state index in [1.54, 1.807) is 20.3 Å². The van der Waals surface area contributed by atoms with Crippen LogP contribution in [0.5, 0.6) is 11.5 Å². The number of nitrogens with zero attached hydrogens (tertiary/aromatic N) is 3. The SMILES string of the molecule is CCc1nn(CC(=O)NCc2ccc(OC)cc2)c(=O)c2cc3c(OC)cccc3n12. The number of aryl methyl sites for hydroxylation is 1. The number of rotatable bonds is 7. The van der Waals surface area contributed by atoms with Crippen molar-refractivity contribution in [2.45, 2.75) is 26.4 Å². The predicted molar refractivity (Wildman–Crippen MR) is 118 cm³/mol. The highest BCUT2D eigenvalue weighted by atomic mass is 16.5. The van der Waals surface area contributed by atoms with Gasteiger partial charge < -0.3 is 14.8 Å². The van der Waals surface area contributed by atoms with E-state index >= 15 is 0 Å². The minimum Gasteiger partial charge on any atom is -0.497 e. The molecule has 0 saturated heterocycles. The van der Waals surface area contributed by atoms with Crippen LogP contribution in [0, 0.1) is 0 Å². The van der Waals surface area contributed by atoms with E-state index in [0.717, 1.165) is 22.2 Å². The van der Waals surface area contributed by atoms with Gasteiger partial charge in [-0.15, -0.1) is 0 Å². The van der Waals surface area contributed by atoms with Crippen molar-refractivity contribution in [1.29, 1.82) is 0 Å². The third-order valence-electron chi connectivity index (χ3n) is 5.23. The zero-order valence-corrected chi connectivity index (χ0v) is 17.7. The maximum Gasteiger partial charge on any atom is 0.291 e. The number of carbonyl (C=O) groups is 1. The Hall–Kier alpha value is -3.81. The first-order valence-corrected chi connectivity index (χ1v) is 10.0. The highest BCUT2D eigenvalue weighted by molar-refractivity contribution is 5.92. The topological polar surface area (TPSA) is 86.9 Å². The Kier molecular flexibility index (Phi) is 5.62. The molecule has 0 fully saturated rings. The van der Waals surface area contributed by atoms with Gasteiger partial charge in [-0.05, 0) is 35.9 Å². The van der Waals surface area contributed by atoms with Gasteiger partial charge in [-0.3, -0.25) is 14.0 Å². The number of fused-ring (bicyclic) bond motifs is 3. The lowest BCUT2D eigenvalue weighted by molar-refractivity contribution is -0.122. The van der Waals surface area contributed by atoms with Crippen molar-refractivity contribution >= 4 is 22.3 Å². The van der Waals surface area contributed by atoms with Crippen molar-refractivity contribution < 1.29 is 14.3 Å². The van der Waals surface area contributed by atoms with E-state index in [4.69, 9.17) is 9.47 Å². The zero-order valence-electron chi connectivity index (χ0n) is 17.7. The summed E-state index contributed by atoms with van der Waals surface area (Å²) in [6, 6.07) is 14.9. The molecule has 0 atom stereocenters. The number of ether oxygens (including phenoxy) is 2. The summed E-state index contributed by atoms with van der Waals surface area (Å²) in [5.74, 6) is 1.85. The second-order valence-electron chi connectivity index (χ2n) is 7.12. The molecule has 0 spiro atoms. The molecular formula is C23H24N4O4. The van der Waals surface area contributed by atoms with Gasteiger partial charge in [0, 0.05) is 18.4 Å². The Bertz CT molecular complexity index is 1310. The van der Waals surface area contributed by atoms with Gasteiger partial charge in [-0.25, -0.2) is 4.68 Å². The normalized spacial score (nSPS) is 11.1. The van der Waals surface area contributed by atoms with Crippen molar-refractivity contribution in [2.75, 3.05) is 14.2 Å². The summed E-state index contributed by atoms with van der Waals surface area (Å²) in [5.41, 5.74) is 1.93. The van der Waals surface area contributed by atoms with Gasteiger partial charge in [0.05, 0.1) is 19.7 Å².